The molecule has 0 radical (unpaired) electrons. The van der Waals surface area contributed by atoms with Crippen molar-refractivity contribution in [2.75, 3.05) is 11.9 Å². The number of imide groups is 1. The average molecular weight is 408 g/mol. The first-order chi connectivity index (χ1) is 14.2. The molecule has 0 aliphatic carbocycles. The minimum atomic E-state index is -1.12. The minimum absolute atomic E-state index is 0.258. The molecule has 3 rings (SSSR count). The Balaban J connectivity index is 1.70. The largest absolute Gasteiger partial charge is 0.454 e. The van der Waals surface area contributed by atoms with Crippen LogP contribution in [0, 0.1) is 19.8 Å². The first-order valence-electron chi connectivity index (χ1n) is 9.71. The van der Waals surface area contributed by atoms with Crippen molar-refractivity contribution in [2.45, 2.75) is 33.7 Å². The number of esters is 1. The van der Waals surface area contributed by atoms with Gasteiger partial charge in [0.25, 0.3) is 17.7 Å². The number of anilines is 1. The van der Waals surface area contributed by atoms with Gasteiger partial charge in [0, 0.05) is 5.69 Å². The molecule has 30 heavy (non-hydrogen) atoms. The molecule has 7 nitrogen and oxygen atoms in total. The Kier molecular flexibility index (Phi) is 6.01. The van der Waals surface area contributed by atoms with Crippen molar-refractivity contribution in [3.63, 3.8) is 0 Å². The highest BCUT2D eigenvalue weighted by Crippen LogP contribution is 2.27. The van der Waals surface area contributed by atoms with Gasteiger partial charge >= 0.3 is 5.97 Å². The van der Waals surface area contributed by atoms with E-state index >= 15 is 0 Å². The summed E-state index contributed by atoms with van der Waals surface area (Å²) in [7, 11) is 0. The van der Waals surface area contributed by atoms with Gasteiger partial charge in [0.2, 0.25) is 0 Å². The van der Waals surface area contributed by atoms with Crippen LogP contribution < -0.4 is 5.32 Å². The zero-order valence-corrected chi connectivity index (χ0v) is 17.4. The van der Waals surface area contributed by atoms with E-state index in [1.54, 1.807) is 38.1 Å². The average Bonchev–Trinajstić information content (AvgIpc) is 2.95. The number of amides is 3. The Morgan fingerprint density at radius 3 is 2.17 bits per heavy atom. The van der Waals surface area contributed by atoms with Gasteiger partial charge in [0.05, 0.1) is 11.1 Å². The summed E-state index contributed by atoms with van der Waals surface area (Å²) in [5, 5.41) is 2.71. The van der Waals surface area contributed by atoms with Crippen LogP contribution in [0.4, 0.5) is 5.69 Å². The van der Waals surface area contributed by atoms with Gasteiger partial charge in [-0.2, -0.15) is 0 Å². The van der Waals surface area contributed by atoms with Crippen LogP contribution in [0.1, 0.15) is 45.7 Å². The van der Waals surface area contributed by atoms with Gasteiger partial charge in [-0.1, -0.05) is 38.1 Å². The standard InChI is InChI=1S/C23H24N2O5/c1-13(2)20(25-21(27)16-7-5-6-8-17(16)22(25)28)23(29)30-12-19(26)24-18-11-14(3)9-10-15(18)4/h5-11,13,20H,12H2,1-4H3,(H,24,26). The van der Waals surface area contributed by atoms with Crippen LogP contribution in [0.3, 0.4) is 0 Å². The van der Waals surface area contributed by atoms with Crippen molar-refractivity contribution in [3.8, 4) is 0 Å². The summed E-state index contributed by atoms with van der Waals surface area (Å²) >= 11 is 0. The van der Waals surface area contributed by atoms with Crippen molar-refractivity contribution in [1.82, 2.24) is 4.90 Å². The van der Waals surface area contributed by atoms with Crippen LogP contribution in [-0.4, -0.2) is 41.2 Å². The van der Waals surface area contributed by atoms with Gasteiger partial charge in [0.1, 0.15) is 6.04 Å². The maximum atomic E-state index is 12.7. The zero-order chi connectivity index (χ0) is 22.0. The maximum Gasteiger partial charge on any atom is 0.330 e. The zero-order valence-electron chi connectivity index (χ0n) is 17.4. The van der Waals surface area contributed by atoms with E-state index < -0.39 is 36.3 Å². The van der Waals surface area contributed by atoms with E-state index in [4.69, 9.17) is 4.74 Å². The lowest BCUT2D eigenvalue weighted by molar-refractivity contribution is -0.152. The summed E-state index contributed by atoms with van der Waals surface area (Å²) in [6.45, 7) is 6.68. The topological polar surface area (TPSA) is 92.8 Å². The van der Waals surface area contributed by atoms with Gasteiger partial charge in [-0.05, 0) is 49.1 Å². The monoisotopic (exact) mass is 408 g/mol. The summed E-state index contributed by atoms with van der Waals surface area (Å²) in [6.07, 6.45) is 0. The van der Waals surface area contributed by atoms with Gasteiger partial charge < -0.3 is 10.1 Å². The molecule has 1 N–H and O–H groups in total. The Bertz CT molecular complexity index is 993. The van der Waals surface area contributed by atoms with E-state index in [0.717, 1.165) is 16.0 Å². The first kappa shape index (κ1) is 21.2. The van der Waals surface area contributed by atoms with E-state index in [2.05, 4.69) is 5.32 Å². The number of hydrogen-bond acceptors (Lipinski definition) is 5. The smallest absolute Gasteiger partial charge is 0.330 e. The van der Waals surface area contributed by atoms with Crippen molar-refractivity contribution in [2.24, 2.45) is 5.92 Å². The first-order valence-corrected chi connectivity index (χ1v) is 9.71. The number of fused-ring (bicyclic) bond motifs is 1. The summed E-state index contributed by atoms with van der Waals surface area (Å²) in [5.74, 6) is -2.75. The van der Waals surface area contributed by atoms with E-state index in [0.29, 0.717) is 5.69 Å². The number of rotatable bonds is 6. The number of carbonyl (C=O) groups excluding carboxylic acids is 4. The molecule has 2 aromatic carbocycles. The maximum absolute atomic E-state index is 12.7. The molecular weight excluding hydrogens is 384 g/mol. The van der Waals surface area contributed by atoms with E-state index in [1.807, 2.05) is 32.0 Å². The molecule has 0 fully saturated rings. The Morgan fingerprint density at radius 1 is 1.00 bits per heavy atom. The van der Waals surface area contributed by atoms with E-state index in [1.165, 1.54) is 0 Å². The summed E-state index contributed by atoms with van der Waals surface area (Å²) in [5.41, 5.74) is 3.02. The van der Waals surface area contributed by atoms with Crippen molar-refractivity contribution in [1.29, 1.82) is 0 Å². The Labute approximate surface area is 175 Å². The molecule has 0 aromatic heterocycles. The second kappa shape index (κ2) is 8.49. The lowest BCUT2D eigenvalue weighted by Crippen LogP contribution is -2.49. The van der Waals surface area contributed by atoms with Crippen LogP contribution in [0.5, 0.6) is 0 Å². The molecule has 0 saturated heterocycles. The van der Waals surface area contributed by atoms with Crippen LogP contribution in [0.2, 0.25) is 0 Å². The van der Waals surface area contributed by atoms with E-state index in [9.17, 15) is 19.2 Å². The molecule has 2 aromatic rings. The lowest BCUT2D eigenvalue weighted by atomic mass is 10.0. The van der Waals surface area contributed by atoms with Crippen molar-refractivity contribution in [3.05, 3.63) is 64.7 Å². The molecule has 1 aliphatic rings. The highest BCUT2D eigenvalue weighted by molar-refractivity contribution is 6.22. The van der Waals surface area contributed by atoms with Crippen LogP contribution >= 0.6 is 0 Å². The highest BCUT2D eigenvalue weighted by Gasteiger charge is 2.44. The number of nitrogens with one attached hydrogen (secondary N) is 1. The molecule has 1 unspecified atom stereocenters. The molecule has 1 atom stereocenters. The van der Waals surface area contributed by atoms with Gasteiger partial charge in [-0.15, -0.1) is 0 Å². The van der Waals surface area contributed by atoms with Crippen molar-refractivity contribution < 1.29 is 23.9 Å². The number of hydrogen-bond donors (Lipinski definition) is 1. The number of carbonyl (C=O) groups is 4. The molecule has 7 heteroatoms. The summed E-state index contributed by atoms with van der Waals surface area (Å²) in [6, 6.07) is 10.9. The second-order valence-corrected chi connectivity index (χ2v) is 7.69. The predicted molar refractivity (Wildman–Crippen MR) is 111 cm³/mol. The van der Waals surface area contributed by atoms with Gasteiger partial charge in [0.15, 0.2) is 6.61 Å². The van der Waals surface area contributed by atoms with E-state index in [-0.39, 0.29) is 17.0 Å². The lowest BCUT2D eigenvalue weighted by Gasteiger charge is -2.27. The predicted octanol–water partition coefficient (Wildman–Crippen LogP) is 3.11. The van der Waals surface area contributed by atoms with Crippen molar-refractivity contribution >= 4 is 29.4 Å². The molecular formula is C23H24N2O5. The fourth-order valence-corrected chi connectivity index (χ4v) is 3.42. The normalized spacial score (nSPS) is 14.0. The molecule has 156 valence electrons. The third-order valence-corrected chi connectivity index (χ3v) is 4.99. The Morgan fingerprint density at radius 2 is 1.60 bits per heavy atom. The molecule has 0 bridgehead atoms. The fraction of sp³-hybridized carbons (Fsp3) is 0.304. The molecule has 1 aliphatic heterocycles. The van der Waals surface area contributed by atoms with Gasteiger partial charge in [-0.3, -0.25) is 19.3 Å². The SMILES string of the molecule is Cc1ccc(C)c(NC(=O)COC(=O)C(C(C)C)N2C(=O)c3ccccc3C2=O)c1. The number of ether oxygens (including phenoxy) is 1. The minimum Gasteiger partial charge on any atom is -0.454 e. The number of aryl methyl sites for hydroxylation is 2. The van der Waals surface area contributed by atoms with Crippen LogP contribution in [0.15, 0.2) is 42.5 Å². The summed E-state index contributed by atoms with van der Waals surface area (Å²) < 4.78 is 5.18. The highest BCUT2D eigenvalue weighted by atomic mass is 16.5. The molecule has 0 saturated carbocycles. The molecule has 3 amide bonds. The number of benzene rings is 2. The number of nitrogens with zero attached hydrogens (tertiary/aromatic N) is 1. The summed E-state index contributed by atoms with van der Waals surface area (Å²) in [4.78, 5) is 51.4. The molecule has 0 spiro atoms. The second-order valence-electron chi connectivity index (χ2n) is 7.69. The molecule has 1 heterocycles. The Hall–Kier alpha value is -3.48. The van der Waals surface area contributed by atoms with Gasteiger partial charge in [-0.25, -0.2) is 4.79 Å². The third kappa shape index (κ3) is 4.10. The third-order valence-electron chi connectivity index (χ3n) is 4.99. The fourth-order valence-electron chi connectivity index (χ4n) is 3.42. The quantitative estimate of drug-likeness (QED) is 0.586. The van der Waals surface area contributed by atoms with Crippen LogP contribution in [-0.2, 0) is 14.3 Å². The van der Waals surface area contributed by atoms with Crippen LogP contribution in [0.25, 0.3) is 0 Å².